The van der Waals surface area contributed by atoms with Gasteiger partial charge >= 0.3 is 0 Å². The van der Waals surface area contributed by atoms with E-state index in [9.17, 15) is 0 Å². The van der Waals surface area contributed by atoms with Crippen LogP contribution in [0.1, 0.15) is 40.0 Å². The van der Waals surface area contributed by atoms with Gasteiger partial charge in [-0.2, -0.15) is 0 Å². The molecule has 1 heterocycles. The normalized spacial score (nSPS) is 13.6. The van der Waals surface area contributed by atoms with Gasteiger partial charge < -0.3 is 15.2 Å². The van der Waals surface area contributed by atoms with Crippen LogP contribution in [-0.2, 0) is 6.54 Å². The summed E-state index contributed by atoms with van der Waals surface area (Å²) in [6.07, 6.45) is 9.11. The number of nitrogens with zero attached hydrogens (tertiary/aromatic N) is 3. The summed E-state index contributed by atoms with van der Waals surface area (Å²) in [5.74, 6) is 1.65. The highest BCUT2D eigenvalue weighted by molar-refractivity contribution is 5.79. The van der Waals surface area contributed by atoms with Crippen molar-refractivity contribution in [2.24, 2.45) is 10.9 Å². The van der Waals surface area contributed by atoms with Crippen LogP contribution < -0.4 is 10.6 Å². The molecule has 0 radical (unpaired) electrons. The topological polar surface area (TPSA) is 54.2 Å². The first-order valence-electron chi connectivity index (χ1n) is 7.54. The second-order valence-corrected chi connectivity index (χ2v) is 5.67. The highest BCUT2D eigenvalue weighted by Gasteiger charge is 2.05. The Kier molecular flexibility index (Phi) is 7.77. The summed E-state index contributed by atoms with van der Waals surface area (Å²) in [5, 5.41) is 6.79. The van der Waals surface area contributed by atoms with Crippen molar-refractivity contribution in [1.29, 1.82) is 0 Å². The minimum Gasteiger partial charge on any atom is -0.356 e. The second-order valence-electron chi connectivity index (χ2n) is 5.67. The van der Waals surface area contributed by atoms with Crippen LogP contribution >= 0.6 is 0 Å². The van der Waals surface area contributed by atoms with E-state index < -0.39 is 0 Å². The Balaban J connectivity index is 2.16. The molecule has 0 amide bonds. The smallest absolute Gasteiger partial charge is 0.191 e. The monoisotopic (exact) mass is 279 g/mol. The number of aryl methyl sites for hydroxylation is 1. The van der Waals surface area contributed by atoms with Gasteiger partial charge in [0.05, 0.1) is 6.33 Å². The van der Waals surface area contributed by atoms with Gasteiger partial charge in [0.1, 0.15) is 0 Å². The number of hydrogen-bond acceptors (Lipinski definition) is 2. The van der Waals surface area contributed by atoms with Crippen molar-refractivity contribution in [3.8, 4) is 0 Å². The van der Waals surface area contributed by atoms with E-state index in [0.29, 0.717) is 6.04 Å². The van der Waals surface area contributed by atoms with Gasteiger partial charge in [-0.05, 0) is 32.1 Å². The lowest BCUT2D eigenvalue weighted by atomic mass is 10.0. The number of hydrogen-bond donors (Lipinski definition) is 2. The van der Waals surface area contributed by atoms with E-state index in [1.54, 1.807) is 0 Å². The summed E-state index contributed by atoms with van der Waals surface area (Å²) in [5.41, 5.74) is 0. The summed E-state index contributed by atoms with van der Waals surface area (Å²) in [7, 11) is 1.82. The molecule has 0 aliphatic rings. The van der Waals surface area contributed by atoms with E-state index >= 15 is 0 Å². The minimum absolute atomic E-state index is 0.456. The highest BCUT2D eigenvalue weighted by atomic mass is 15.2. The summed E-state index contributed by atoms with van der Waals surface area (Å²) in [6, 6.07) is 0.456. The average Bonchev–Trinajstić information content (AvgIpc) is 2.93. The molecule has 0 aliphatic heterocycles. The molecule has 1 aromatic rings. The zero-order valence-electron chi connectivity index (χ0n) is 13.3. The Morgan fingerprint density at radius 2 is 2.10 bits per heavy atom. The highest BCUT2D eigenvalue weighted by Crippen LogP contribution is 2.06. The van der Waals surface area contributed by atoms with E-state index in [1.165, 1.54) is 12.8 Å². The van der Waals surface area contributed by atoms with Crippen LogP contribution in [0.4, 0.5) is 0 Å². The van der Waals surface area contributed by atoms with Gasteiger partial charge in [0, 0.05) is 38.6 Å². The van der Waals surface area contributed by atoms with Crippen LogP contribution in [0.3, 0.4) is 0 Å². The number of aliphatic imine (C=N–C) groups is 1. The summed E-state index contributed by atoms with van der Waals surface area (Å²) >= 11 is 0. The number of guanidine groups is 1. The van der Waals surface area contributed by atoms with Crippen LogP contribution in [0.5, 0.6) is 0 Å². The third-order valence-corrected chi connectivity index (χ3v) is 3.23. The van der Waals surface area contributed by atoms with E-state index in [4.69, 9.17) is 0 Å². The van der Waals surface area contributed by atoms with Crippen molar-refractivity contribution in [1.82, 2.24) is 20.2 Å². The molecule has 114 valence electrons. The summed E-state index contributed by atoms with van der Waals surface area (Å²) in [6.45, 7) is 8.62. The molecule has 5 nitrogen and oxygen atoms in total. The van der Waals surface area contributed by atoms with E-state index in [-0.39, 0.29) is 0 Å². The third-order valence-electron chi connectivity index (χ3n) is 3.23. The van der Waals surface area contributed by atoms with Crippen molar-refractivity contribution in [2.75, 3.05) is 13.6 Å². The molecule has 0 aliphatic carbocycles. The maximum Gasteiger partial charge on any atom is 0.191 e. The average molecular weight is 279 g/mol. The van der Waals surface area contributed by atoms with Gasteiger partial charge in [0.15, 0.2) is 5.96 Å². The zero-order valence-corrected chi connectivity index (χ0v) is 13.3. The van der Waals surface area contributed by atoms with Crippen molar-refractivity contribution in [3.05, 3.63) is 18.7 Å². The minimum atomic E-state index is 0.456. The Hall–Kier alpha value is -1.52. The molecule has 20 heavy (non-hydrogen) atoms. The third kappa shape index (κ3) is 7.16. The lowest BCUT2D eigenvalue weighted by molar-refractivity contribution is 0.488. The molecule has 1 rings (SSSR count). The first-order chi connectivity index (χ1) is 9.61. The second kappa shape index (κ2) is 9.39. The molecule has 1 aromatic heterocycles. The van der Waals surface area contributed by atoms with Crippen LogP contribution in [-0.4, -0.2) is 35.1 Å². The maximum absolute atomic E-state index is 4.26. The first-order valence-corrected chi connectivity index (χ1v) is 7.54. The molecule has 0 aromatic carbocycles. The quantitative estimate of drug-likeness (QED) is 0.436. The van der Waals surface area contributed by atoms with Gasteiger partial charge in [-0.1, -0.05) is 13.8 Å². The van der Waals surface area contributed by atoms with Crippen LogP contribution in [0.15, 0.2) is 23.7 Å². The lowest BCUT2D eigenvalue weighted by Gasteiger charge is -2.18. The van der Waals surface area contributed by atoms with E-state index in [2.05, 4.69) is 45.9 Å². The Morgan fingerprint density at radius 3 is 2.70 bits per heavy atom. The van der Waals surface area contributed by atoms with Crippen molar-refractivity contribution < 1.29 is 0 Å². The van der Waals surface area contributed by atoms with Crippen molar-refractivity contribution >= 4 is 5.96 Å². The molecule has 1 unspecified atom stereocenters. The van der Waals surface area contributed by atoms with Crippen LogP contribution in [0.2, 0.25) is 0 Å². The predicted octanol–water partition coefficient (Wildman–Crippen LogP) is 2.26. The summed E-state index contributed by atoms with van der Waals surface area (Å²) in [4.78, 5) is 8.30. The number of imidazole rings is 1. The molecule has 5 heteroatoms. The fourth-order valence-electron chi connectivity index (χ4n) is 1.97. The fraction of sp³-hybridized carbons (Fsp3) is 0.733. The van der Waals surface area contributed by atoms with Gasteiger partial charge in [0.2, 0.25) is 0 Å². The van der Waals surface area contributed by atoms with Gasteiger partial charge in [-0.25, -0.2) is 4.98 Å². The number of aromatic nitrogens is 2. The zero-order chi connectivity index (χ0) is 14.8. The molecular formula is C15H29N5. The molecule has 0 saturated heterocycles. The molecule has 2 N–H and O–H groups in total. The van der Waals surface area contributed by atoms with Crippen molar-refractivity contribution in [2.45, 2.75) is 52.6 Å². The Labute approximate surface area is 122 Å². The standard InChI is InChI=1S/C15H29N5/c1-13(2)6-7-14(3)19-15(16-4)18-8-5-10-20-11-9-17-12-20/h9,11-14H,5-8,10H2,1-4H3,(H2,16,18,19). The van der Waals surface area contributed by atoms with Crippen molar-refractivity contribution in [3.63, 3.8) is 0 Å². The predicted molar refractivity (Wildman–Crippen MR) is 84.9 cm³/mol. The fourth-order valence-corrected chi connectivity index (χ4v) is 1.97. The largest absolute Gasteiger partial charge is 0.356 e. The Morgan fingerprint density at radius 1 is 1.30 bits per heavy atom. The molecular weight excluding hydrogens is 250 g/mol. The van der Waals surface area contributed by atoms with E-state index in [1.807, 2.05) is 25.8 Å². The van der Waals surface area contributed by atoms with Gasteiger partial charge in [-0.3, -0.25) is 4.99 Å². The van der Waals surface area contributed by atoms with Gasteiger partial charge in [-0.15, -0.1) is 0 Å². The molecule has 0 saturated carbocycles. The van der Waals surface area contributed by atoms with Crippen LogP contribution in [0, 0.1) is 5.92 Å². The van der Waals surface area contributed by atoms with E-state index in [0.717, 1.165) is 31.4 Å². The maximum atomic E-state index is 4.26. The SMILES string of the molecule is CN=C(NCCCn1ccnc1)NC(C)CCC(C)C. The van der Waals surface area contributed by atoms with Crippen LogP contribution in [0.25, 0.3) is 0 Å². The summed E-state index contributed by atoms with van der Waals surface area (Å²) < 4.78 is 2.09. The first kappa shape index (κ1) is 16.5. The number of nitrogens with one attached hydrogen (secondary N) is 2. The van der Waals surface area contributed by atoms with Gasteiger partial charge in [0.25, 0.3) is 0 Å². The Bertz CT molecular complexity index is 370. The number of rotatable bonds is 8. The molecule has 1 atom stereocenters. The molecule has 0 spiro atoms. The molecule has 0 bridgehead atoms. The molecule has 0 fully saturated rings. The lowest BCUT2D eigenvalue weighted by Crippen LogP contribution is -2.42.